The zero-order valence-corrected chi connectivity index (χ0v) is 11.9. The number of nitrogens with zero attached hydrogens (tertiary/aromatic N) is 2. The van der Waals surface area contributed by atoms with Crippen LogP contribution in [0.5, 0.6) is 0 Å². The molecular formula is C15H25N3. The molecule has 1 aromatic rings. The summed E-state index contributed by atoms with van der Waals surface area (Å²) >= 11 is 0. The van der Waals surface area contributed by atoms with E-state index in [0.717, 1.165) is 24.7 Å². The van der Waals surface area contributed by atoms with Crippen LogP contribution in [-0.2, 0) is 6.54 Å². The second kappa shape index (κ2) is 6.19. The van der Waals surface area contributed by atoms with Crippen molar-refractivity contribution in [2.45, 2.75) is 39.7 Å². The van der Waals surface area contributed by atoms with Gasteiger partial charge in [0.1, 0.15) is 0 Å². The van der Waals surface area contributed by atoms with Crippen molar-refractivity contribution < 1.29 is 0 Å². The Balaban J connectivity index is 2.09. The zero-order chi connectivity index (χ0) is 13.0. The van der Waals surface area contributed by atoms with Crippen molar-refractivity contribution in [2.24, 2.45) is 5.92 Å². The Morgan fingerprint density at radius 1 is 1.44 bits per heavy atom. The van der Waals surface area contributed by atoms with Crippen molar-refractivity contribution in [3.8, 4) is 0 Å². The lowest BCUT2D eigenvalue weighted by Gasteiger charge is -2.32. The predicted molar refractivity (Wildman–Crippen MR) is 77.0 cm³/mol. The van der Waals surface area contributed by atoms with Gasteiger partial charge in [-0.05, 0) is 38.3 Å². The Morgan fingerprint density at radius 2 is 2.22 bits per heavy atom. The molecule has 0 aromatic carbocycles. The standard InChI is InChI=1S/C15H25N3/c1-4-16-9-14-10-17-12(2)8-15(14)18(3)11-13-6-5-7-13/h8,10,13,16H,4-7,9,11H2,1-3H3. The Labute approximate surface area is 111 Å². The van der Waals surface area contributed by atoms with E-state index in [0.29, 0.717) is 0 Å². The van der Waals surface area contributed by atoms with Gasteiger partial charge in [0.25, 0.3) is 0 Å². The highest BCUT2D eigenvalue weighted by Crippen LogP contribution is 2.29. The van der Waals surface area contributed by atoms with Crippen LogP contribution in [0.3, 0.4) is 0 Å². The number of hydrogen-bond acceptors (Lipinski definition) is 3. The average Bonchev–Trinajstić information content (AvgIpc) is 2.32. The molecule has 1 saturated carbocycles. The number of nitrogens with one attached hydrogen (secondary N) is 1. The summed E-state index contributed by atoms with van der Waals surface area (Å²) in [6.45, 7) is 7.30. The SMILES string of the molecule is CCNCc1cnc(C)cc1N(C)CC1CCC1. The highest BCUT2D eigenvalue weighted by molar-refractivity contribution is 5.53. The molecule has 100 valence electrons. The van der Waals surface area contributed by atoms with Gasteiger partial charge in [0.05, 0.1) is 0 Å². The minimum absolute atomic E-state index is 0.899. The topological polar surface area (TPSA) is 28.2 Å². The fourth-order valence-electron chi connectivity index (χ4n) is 2.49. The first kappa shape index (κ1) is 13.3. The monoisotopic (exact) mass is 247 g/mol. The molecule has 18 heavy (non-hydrogen) atoms. The molecule has 0 spiro atoms. The van der Waals surface area contributed by atoms with Gasteiger partial charge in [-0.25, -0.2) is 0 Å². The summed E-state index contributed by atoms with van der Waals surface area (Å²) < 4.78 is 0. The molecule has 0 unspecified atom stereocenters. The van der Waals surface area contributed by atoms with Crippen LogP contribution in [0.15, 0.2) is 12.3 Å². The molecule has 0 saturated heterocycles. The van der Waals surface area contributed by atoms with Gasteiger partial charge >= 0.3 is 0 Å². The molecule has 3 heteroatoms. The van der Waals surface area contributed by atoms with Crippen LogP contribution in [0, 0.1) is 12.8 Å². The maximum atomic E-state index is 4.42. The molecule has 1 heterocycles. The molecule has 0 bridgehead atoms. The molecule has 0 radical (unpaired) electrons. The third-order valence-electron chi connectivity index (χ3n) is 3.83. The van der Waals surface area contributed by atoms with Gasteiger partial charge in [0.15, 0.2) is 0 Å². The largest absolute Gasteiger partial charge is 0.374 e. The van der Waals surface area contributed by atoms with Gasteiger partial charge < -0.3 is 10.2 Å². The molecular weight excluding hydrogens is 222 g/mol. The van der Waals surface area contributed by atoms with Gasteiger partial charge in [0.2, 0.25) is 0 Å². The minimum Gasteiger partial charge on any atom is -0.374 e. The van der Waals surface area contributed by atoms with Crippen molar-refractivity contribution in [1.82, 2.24) is 10.3 Å². The van der Waals surface area contributed by atoms with E-state index in [1.165, 1.54) is 37.1 Å². The first-order valence-electron chi connectivity index (χ1n) is 7.08. The first-order chi connectivity index (χ1) is 8.70. The third-order valence-corrected chi connectivity index (χ3v) is 3.83. The molecule has 0 aliphatic heterocycles. The second-order valence-electron chi connectivity index (χ2n) is 5.41. The van der Waals surface area contributed by atoms with E-state index in [2.05, 4.69) is 42.2 Å². The van der Waals surface area contributed by atoms with Gasteiger partial charge in [-0.2, -0.15) is 0 Å². The smallest absolute Gasteiger partial charge is 0.0443 e. The van der Waals surface area contributed by atoms with Gasteiger partial charge in [-0.15, -0.1) is 0 Å². The lowest BCUT2D eigenvalue weighted by Crippen LogP contribution is -2.30. The van der Waals surface area contributed by atoms with Crippen molar-refractivity contribution >= 4 is 5.69 Å². The Kier molecular flexibility index (Phi) is 4.59. The Bertz CT molecular complexity index is 385. The average molecular weight is 247 g/mol. The van der Waals surface area contributed by atoms with Crippen LogP contribution < -0.4 is 10.2 Å². The van der Waals surface area contributed by atoms with Crippen LogP contribution in [0.25, 0.3) is 0 Å². The van der Waals surface area contributed by atoms with E-state index in [1.54, 1.807) is 0 Å². The van der Waals surface area contributed by atoms with Crippen molar-refractivity contribution in [1.29, 1.82) is 0 Å². The number of rotatable bonds is 6. The normalized spacial score (nSPS) is 15.5. The molecule has 1 aliphatic rings. The van der Waals surface area contributed by atoms with E-state index in [1.807, 2.05) is 6.20 Å². The number of hydrogen-bond donors (Lipinski definition) is 1. The third kappa shape index (κ3) is 3.22. The summed E-state index contributed by atoms with van der Waals surface area (Å²) in [5, 5.41) is 3.39. The van der Waals surface area contributed by atoms with Crippen LogP contribution in [0.2, 0.25) is 0 Å². The van der Waals surface area contributed by atoms with Gasteiger partial charge in [0, 0.05) is 43.3 Å². The second-order valence-corrected chi connectivity index (χ2v) is 5.41. The van der Waals surface area contributed by atoms with Crippen molar-refractivity contribution in [2.75, 3.05) is 25.0 Å². The van der Waals surface area contributed by atoms with Crippen LogP contribution >= 0.6 is 0 Å². The molecule has 1 N–H and O–H groups in total. The van der Waals surface area contributed by atoms with E-state index in [9.17, 15) is 0 Å². The van der Waals surface area contributed by atoms with Gasteiger partial charge in [-0.3, -0.25) is 4.98 Å². The minimum atomic E-state index is 0.899. The number of anilines is 1. The van der Waals surface area contributed by atoms with E-state index in [4.69, 9.17) is 0 Å². The zero-order valence-electron chi connectivity index (χ0n) is 11.9. The maximum absolute atomic E-state index is 4.42. The lowest BCUT2D eigenvalue weighted by molar-refractivity contribution is 0.321. The number of aromatic nitrogens is 1. The fourth-order valence-corrected chi connectivity index (χ4v) is 2.49. The van der Waals surface area contributed by atoms with Crippen LogP contribution in [0.4, 0.5) is 5.69 Å². The highest BCUT2D eigenvalue weighted by Gasteiger charge is 2.20. The molecule has 2 rings (SSSR count). The van der Waals surface area contributed by atoms with Crippen molar-refractivity contribution in [3.05, 3.63) is 23.5 Å². The maximum Gasteiger partial charge on any atom is 0.0443 e. The van der Waals surface area contributed by atoms with E-state index >= 15 is 0 Å². The predicted octanol–water partition coefficient (Wildman–Crippen LogP) is 2.74. The number of aryl methyl sites for hydroxylation is 1. The molecule has 0 amide bonds. The summed E-state index contributed by atoms with van der Waals surface area (Å²) in [5.74, 6) is 0.899. The van der Waals surface area contributed by atoms with E-state index < -0.39 is 0 Å². The highest BCUT2D eigenvalue weighted by atomic mass is 15.1. The number of pyridine rings is 1. The summed E-state index contributed by atoms with van der Waals surface area (Å²) in [4.78, 5) is 6.83. The van der Waals surface area contributed by atoms with Gasteiger partial charge in [-0.1, -0.05) is 13.3 Å². The Morgan fingerprint density at radius 3 is 2.83 bits per heavy atom. The molecule has 1 aromatic heterocycles. The molecule has 1 aliphatic carbocycles. The molecule has 3 nitrogen and oxygen atoms in total. The molecule has 1 fully saturated rings. The van der Waals surface area contributed by atoms with Crippen molar-refractivity contribution in [3.63, 3.8) is 0 Å². The lowest BCUT2D eigenvalue weighted by atomic mass is 9.85. The van der Waals surface area contributed by atoms with Crippen LogP contribution in [0.1, 0.15) is 37.4 Å². The Hall–Kier alpha value is -1.09. The summed E-state index contributed by atoms with van der Waals surface area (Å²) in [6, 6.07) is 2.21. The fraction of sp³-hybridized carbons (Fsp3) is 0.667. The quantitative estimate of drug-likeness (QED) is 0.838. The first-order valence-corrected chi connectivity index (χ1v) is 7.08. The van der Waals surface area contributed by atoms with Crippen LogP contribution in [-0.4, -0.2) is 25.1 Å². The summed E-state index contributed by atoms with van der Waals surface area (Å²) in [6.07, 6.45) is 6.23. The van der Waals surface area contributed by atoms with E-state index in [-0.39, 0.29) is 0 Å². The summed E-state index contributed by atoms with van der Waals surface area (Å²) in [7, 11) is 2.21. The summed E-state index contributed by atoms with van der Waals surface area (Å²) in [5.41, 5.74) is 3.75. The molecule has 0 atom stereocenters.